The van der Waals surface area contributed by atoms with Crippen molar-refractivity contribution >= 4 is 27.5 Å². The van der Waals surface area contributed by atoms with Crippen molar-refractivity contribution < 1.29 is 0 Å². The molecule has 3 N–H and O–H groups in total. The molecule has 0 aliphatic heterocycles. The minimum absolute atomic E-state index is 0.0938. The highest BCUT2D eigenvalue weighted by molar-refractivity contribution is 9.10. The third kappa shape index (κ3) is 3.20. The third-order valence-corrected chi connectivity index (χ3v) is 4.35. The van der Waals surface area contributed by atoms with E-state index in [2.05, 4.69) is 38.4 Å². The summed E-state index contributed by atoms with van der Waals surface area (Å²) < 4.78 is 2.92. The van der Waals surface area contributed by atoms with Gasteiger partial charge in [-0.15, -0.1) is 0 Å². The lowest BCUT2D eigenvalue weighted by molar-refractivity contribution is 0.517. The number of nitrogens with zero attached hydrogens (tertiary/aromatic N) is 3. The van der Waals surface area contributed by atoms with Gasteiger partial charge in [-0.3, -0.25) is 20.9 Å². The smallest absolute Gasteiger partial charge is 0.0766 e. The summed E-state index contributed by atoms with van der Waals surface area (Å²) in [7, 11) is 1.93. The molecule has 108 valence electrons. The summed E-state index contributed by atoms with van der Waals surface area (Å²) in [4.78, 5) is 4.31. The summed E-state index contributed by atoms with van der Waals surface area (Å²) in [6.07, 6.45) is 3.19. The fraction of sp³-hybridized carbons (Fsp3) is 0.385. The highest BCUT2D eigenvalue weighted by Crippen LogP contribution is 2.26. The van der Waals surface area contributed by atoms with E-state index < -0.39 is 0 Å². The van der Waals surface area contributed by atoms with Crippen molar-refractivity contribution in [1.29, 1.82) is 0 Å². The molecular weight excluding hydrogens is 342 g/mol. The fourth-order valence-corrected chi connectivity index (χ4v) is 2.97. The molecule has 2 heterocycles. The van der Waals surface area contributed by atoms with Crippen LogP contribution < -0.4 is 11.3 Å². The molecule has 0 aliphatic rings. The normalized spacial score (nSPS) is 12.7. The summed E-state index contributed by atoms with van der Waals surface area (Å²) in [6, 6.07) is 3.59. The molecule has 0 saturated carbocycles. The molecule has 0 bridgehead atoms. The minimum atomic E-state index is -0.0938. The van der Waals surface area contributed by atoms with Crippen LogP contribution in [0.15, 0.2) is 22.8 Å². The molecule has 0 fully saturated rings. The van der Waals surface area contributed by atoms with Crippen molar-refractivity contribution in [3.63, 3.8) is 0 Å². The second kappa shape index (κ2) is 6.67. The number of aromatic nitrogens is 3. The SMILES string of the molecule is CCc1nn(C)c(CC(NN)c2ccc(Cl)cn2)c1Br. The van der Waals surface area contributed by atoms with Gasteiger partial charge in [0.1, 0.15) is 0 Å². The molecule has 2 aromatic heterocycles. The van der Waals surface area contributed by atoms with Gasteiger partial charge in [0.15, 0.2) is 0 Å². The van der Waals surface area contributed by atoms with Crippen LogP contribution in [0.5, 0.6) is 0 Å². The lowest BCUT2D eigenvalue weighted by Gasteiger charge is -2.15. The van der Waals surface area contributed by atoms with Gasteiger partial charge in [0, 0.05) is 19.7 Å². The van der Waals surface area contributed by atoms with Gasteiger partial charge in [-0.2, -0.15) is 5.10 Å². The molecule has 0 spiro atoms. The zero-order valence-electron chi connectivity index (χ0n) is 11.4. The minimum Gasteiger partial charge on any atom is -0.271 e. The Balaban J connectivity index is 2.26. The van der Waals surface area contributed by atoms with Crippen LogP contribution in [-0.2, 0) is 19.9 Å². The highest BCUT2D eigenvalue weighted by atomic mass is 79.9. The van der Waals surface area contributed by atoms with Gasteiger partial charge in [-0.05, 0) is 34.5 Å². The summed E-state index contributed by atoms with van der Waals surface area (Å²) in [6.45, 7) is 2.08. The van der Waals surface area contributed by atoms with Crippen molar-refractivity contribution in [2.75, 3.05) is 0 Å². The Morgan fingerprint density at radius 1 is 1.50 bits per heavy atom. The van der Waals surface area contributed by atoms with E-state index in [-0.39, 0.29) is 6.04 Å². The van der Waals surface area contributed by atoms with Crippen molar-refractivity contribution in [3.05, 3.63) is 44.9 Å². The van der Waals surface area contributed by atoms with E-state index in [0.29, 0.717) is 11.4 Å². The standard InChI is InChI=1S/C13H17BrClN5/c1-3-9-13(14)12(20(2)19-9)6-11(18-16)10-5-4-8(15)7-17-10/h4-5,7,11,18H,3,6,16H2,1-2H3. The van der Waals surface area contributed by atoms with E-state index in [4.69, 9.17) is 17.4 Å². The van der Waals surface area contributed by atoms with Crippen LogP contribution in [-0.4, -0.2) is 14.8 Å². The maximum Gasteiger partial charge on any atom is 0.0766 e. The lowest BCUT2D eigenvalue weighted by Crippen LogP contribution is -2.30. The van der Waals surface area contributed by atoms with Gasteiger partial charge < -0.3 is 0 Å². The molecule has 1 unspecified atom stereocenters. The Bertz CT molecular complexity index is 581. The molecule has 2 rings (SSSR count). The molecule has 0 amide bonds. The van der Waals surface area contributed by atoms with Crippen LogP contribution in [0.1, 0.15) is 30.0 Å². The largest absolute Gasteiger partial charge is 0.271 e. The predicted octanol–water partition coefficient (Wildman–Crippen LogP) is 2.54. The van der Waals surface area contributed by atoms with Crippen LogP contribution in [0, 0.1) is 0 Å². The second-order valence-electron chi connectivity index (χ2n) is 4.51. The first kappa shape index (κ1) is 15.4. The van der Waals surface area contributed by atoms with Gasteiger partial charge in [0.25, 0.3) is 0 Å². The van der Waals surface area contributed by atoms with E-state index in [1.807, 2.05) is 23.9 Å². The van der Waals surface area contributed by atoms with Gasteiger partial charge >= 0.3 is 0 Å². The Labute approximate surface area is 131 Å². The first-order chi connectivity index (χ1) is 9.56. The van der Waals surface area contributed by atoms with Crippen LogP contribution >= 0.6 is 27.5 Å². The number of hydrazine groups is 1. The van der Waals surface area contributed by atoms with Crippen LogP contribution in [0.2, 0.25) is 5.02 Å². The van der Waals surface area contributed by atoms with Crippen LogP contribution in [0.25, 0.3) is 0 Å². The monoisotopic (exact) mass is 357 g/mol. The Morgan fingerprint density at radius 3 is 2.75 bits per heavy atom. The molecule has 20 heavy (non-hydrogen) atoms. The number of hydrogen-bond acceptors (Lipinski definition) is 4. The molecule has 7 heteroatoms. The number of pyridine rings is 1. The Kier molecular flexibility index (Phi) is 5.15. The molecule has 0 aliphatic carbocycles. The zero-order chi connectivity index (χ0) is 14.7. The summed E-state index contributed by atoms with van der Waals surface area (Å²) in [5.74, 6) is 5.66. The summed E-state index contributed by atoms with van der Waals surface area (Å²) in [5.41, 5.74) is 5.78. The van der Waals surface area contributed by atoms with E-state index in [0.717, 1.165) is 28.0 Å². The second-order valence-corrected chi connectivity index (χ2v) is 5.74. The first-order valence-electron chi connectivity index (χ1n) is 6.34. The number of rotatable bonds is 5. The van der Waals surface area contributed by atoms with E-state index in [1.54, 1.807) is 6.20 Å². The van der Waals surface area contributed by atoms with Crippen LogP contribution in [0.4, 0.5) is 0 Å². The molecule has 0 aromatic carbocycles. The maximum absolute atomic E-state index is 5.86. The highest BCUT2D eigenvalue weighted by Gasteiger charge is 2.19. The molecule has 0 radical (unpaired) electrons. The van der Waals surface area contributed by atoms with Crippen molar-refractivity contribution in [2.24, 2.45) is 12.9 Å². The number of halogens is 2. The Hall–Kier alpha value is -0.950. The fourth-order valence-electron chi connectivity index (χ4n) is 2.08. The molecule has 5 nitrogen and oxygen atoms in total. The molecule has 1 atom stereocenters. The topological polar surface area (TPSA) is 68.8 Å². The van der Waals surface area contributed by atoms with Crippen LogP contribution in [0.3, 0.4) is 0 Å². The Morgan fingerprint density at radius 2 is 2.25 bits per heavy atom. The average Bonchev–Trinajstić information content (AvgIpc) is 2.72. The van der Waals surface area contributed by atoms with Gasteiger partial charge in [-0.1, -0.05) is 18.5 Å². The first-order valence-corrected chi connectivity index (χ1v) is 7.51. The maximum atomic E-state index is 5.86. The quantitative estimate of drug-likeness (QED) is 0.636. The molecule has 0 saturated heterocycles. The number of hydrogen-bond donors (Lipinski definition) is 2. The van der Waals surface area contributed by atoms with E-state index in [9.17, 15) is 0 Å². The van der Waals surface area contributed by atoms with Crippen molar-refractivity contribution in [1.82, 2.24) is 20.2 Å². The molecular formula is C13H17BrClN5. The average molecular weight is 359 g/mol. The number of nitrogens with two attached hydrogens (primary N) is 1. The zero-order valence-corrected chi connectivity index (χ0v) is 13.7. The summed E-state index contributed by atoms with van der Waals surface area (Å²) >= 11 is 9.47. The van der Waals surface area contributed by atoms with Crippen molar-refractivity contribution in [2.45, 2.75) is 25.8 Å². The summed E-state index contributed by atoms with van der Waals surface area (Å²) in [5, 5.41) is 5.09. The predicted molar refractivity (Wildman–Crippen MR) is 83.3 cm³/mol. The van der Waals surface area contributed by atoms with Gasteiger partial charge in [0.05, 0.1) is 32.6 Å². The van der Waals surface area contributed by atoms with Gasteiger partial charge in [0.2, 0.25) is 0 Å². The third-order valence-electron chi connectivity index (χ3n) is 3.21. The number of aryl methyl sites for hydroxylation is 2. The molecule has 2 aromatic rings. The van der Waals surface area contributed by atoms with Crippen molar-refractivity contribution in [3.8, 4) is 0 Å². The van der Waals surface area contributed by atoms with E-state index >= 15 is 0 Å². The van der Waals surface area contributed by atoms with E-state index in [1.165, 1.54) is 0 Å². The number of nitrogens with one attached hydrogen (secondary N) is 1. The lowest BCUT2D eigenvalue weighted by atomic mass is 10.1. The van der Waals surface area contributed by atoms with Gasteiger partial charge in [-0.25, -0.2) is 0 Å².